The molecule has 4 aromatic rings. The first-order valence-electron chi connectivity index (χ1n) is 9.02. The van der Waals surface area contributed by atoms with Gasteiger partial charge >= 0.3 is 11.7 Å². The Kier molecular flexibility index (Phi) is 4.67. The molecule has 8 nitrogen and oxygen atoms in total. The number of rotatable bonds is 4. The molecule has 0 fully saturated rings. The fraction of sp³-hybridized carbons (Fsp3) is 0.190. The molecule has 0 spiro atoms. The number of ether oxygens (including phenoxy) is 1. The van der Waals surface area contributed by atoms with Crippen LogP contribution in [0, 0.1) is 0 Å². The number of pyridine rings is 2. The number of hydrogen-bond acceptors (Lipinski definition) is 6. The zero-order valence-corrected chi connectivity index (χ0v) is 16.0. The van der Waals surface area contributed by atoms with Crippen molar-refractivity contribution in [2.45, 2.75) is 12.8 Å². The maximum absolute atomic E-state index is 13.1. The third kappa shape index (κ3) is 3.08. The SMILES string of the molecule is COC(=O)CCc1ccc(-n2c(=O)c3ccncc3n(C)c2=O)c2ncccc12. The van der Waals surface area contributed by atoms with E-state index in [1.807, 2.05) is 12.1 Å². The number of carbonyl (C=O) groups is 1. The number of fused-ring (bicyclic) bond motifs is 2. The van der Waals surface area contributed by atoms with Crippen LogP contribution in [0.1, 0.15) is 12.0 Å². The Bertz CT molecular complexity index is 1370. The van der Waals surface area contributed by atoms with Crippen molar-refractivity contribution in [3.8, 4) is 5.69 Å². The van der Waals surface area contributed by atoms with Gasteiger partial charge in [0, 0.05) is 31.2 Å². The number of methoxy groups -OCH3 is 1. The monoisotopic (exact) mass is 390 g/mol. The molecule has 0 N–H and O–H groups in total. The molecule has 0 saturated carbocycles. The maximum Gasteiger partial charge on any atom is 0.335 e. The van der Waals surface area contributed by atoms with Crippen LogP contribution in [0.4, 0.5) is 0 Å². The first kappa shape index (κ1) is 18.5. The molecule has 29 heavy (non-hydrogen) atoms. The highest BCUT2D eigenvalue weighted by Crippen LogP contribution is 2.24. The molecule has 0 atom stereocenters. The smallest absolute Gasteiger partial charge is 0.335 e. The van der Waals surface area contributed by atoms with Gasteiger partial charge < -0.3 is 4.74 Å². The van der Waals surface area contributed by atoms with Crippen LogP contribution < -0.4 is 11.2 Å². The molecule has 0 bridgehead atoms. The van der Waals surface area contributed by atoms with Crippen molar-refractivity contribution in [2.75, 3.05) is 7.11 Å². The third-order valence-corrected chi connectivity index (χ3v) is 4.98. The summed E-state index contributed by atoms with van der Waals surface area (Å²) in [6, 6.07) is 8.73. The third-order valence-electron chi connectivity index (χ3n) is 4.98. The van der Waals surface area contributed by atoms with Gasteiger partial charge in [0.2, 0.25) is 0 Å². The molecule has 3 heterocycles. The zero-order chi connectivity index (χ0) is 20.5. The standard InChI is InChI=1S/C21H18N4O4/c1-24-17-12-22-11-9-15(17)20(27)25(21(24)28)16-7-5-13(6-8-18(26)29-2)14-4-3-10-23-19(14)16/h3-5,7,9-12H,6,8H2,1-2H3. The minimum Gasteiger partial charge on any atom is -0.469 e. The predicted octanol–water partition coefficient (Wildman–Crippen LogP) is 1.74. The maximum atomic E-state index is 13.1. The highest BCUT2D eigenvalue weighted by atomic mass is 16.5. The average molecular weight is 390 g/mol. The molecule has 3 aromatic heterocycles. The van der Waals surface area contributed by atoms with Gasteiger partial charge in [-0.2, -0.15) is 0 Å². The van der Waals surface area contributed by atoms with Crippen molar-refractivity contribution in [1.82, 2.24) is 19.1 Å². The second-order valence-corrected chi connectivity index (χ2v) is 6.59. The summed E-state index contributed by atoms with van der Waals surface area (Å²) in [5.74, 6) is -0.306. The van der Waals surface area contributed by atoms with Gasteiger partial charge in [-0.15, -0.1) is 0 Å². The van der Waals surface area contributed by atoms with Gasteiger partial charge in [-0.1, -0.05) is 12.1 Å². The van der Waals surface area contributed by atoms with Gasteiger partial charge in [-0.05, 0) is 30.2 Å². The normalized spacial score (nSPS) is 11.1. The van der Waals surface area contributed by atoms with E-state index < -0.39 is 11.2 Å². The van der Waals surface area contributed by atoms with Crippen molar-refractivity contribution in [1.29, 1.82) is 0 Å². The van der Waals surface area contributed by atoms with Gasteiger partial charge in [0.05, 0.1) is 35.4 Å². The van der Waals surface area contributed by atoms with E-state index in [0.717, 1.165) is 15.5 Å². The molecule has 0 radical (unpaired) electrons. The molecule has 0 amide bonds. The lowest BCUT2D eigenvalue weighted by molar-refractivity contribution is -0.140. The molecule has 0 saturated heterocycles. The largest absolute Gasteiger partial charge is 0.469 e. The van der Waals surface area contributed by atoms with Crippen LogP contribution in [0.5, 0.6) is 0 Å². The predicted molar refractivity (Wildman–Crippen MR) is 108 cm³/mol. The lowest BCUT2D eigenvalue weighted by Gasteiger charge is -2.14. The number of aromatic nitrogens is 4. The van der Waals surface area contributed by atoms with E-state index in [-0.39, 0.29) is 12.4 Å². The lowest BCUT2D eigenvalue weighted by atomic mass is 10.0. The first-order valence-corrected chi connectivity index (χ1v) is 9.02. The zero-order valence-electron chi connectivity index (χ0n) is 16.0. The van der Waals surface area contributed by atoms with E-state index >= 15 is 0 Å². The fourth-order valence-corrected chi connectivity index (χ4v) is 3.46. The molecule has 8 heteroatoms. The Morgan fingerprint density at radius 2 is 1.93 bits per heavy atom. The number of hydrogen-bond donors (Lipinski definition) is 0. The Morgan fingerprint density at radius 1 is 1.10 bits per heavy atom. The topological polar surface area (TPSA) is 96.1 Å². The molecule has 0 aliphatic heterocycles. The fourth-order valence-electron chi connectivity index (χ4n) is 3.46. The van der Waals surface area contributed by atoms with Crippen molar-refractivity contribution < 1.29 is 9.53 Å². The van der Waals surface area contributed by atoms with Crippen LogP contribution in [-0.2, 0) is 23.0 Å². The van der Waals surface area contributed by atoms with Crippen molar-refractivity contribution in [3.05, 3.63) is 75.3 Å². The molecule has 146 valence electrons. The minimum absolute atomic E-state index is 0.227. The number of carbonyl (C=O) groups excluding carboxylic acids is 1. The van der Waals surface area contributed by atoms with Crippen molar-refractivity contribution in [2.24, 2.45) is 7.05 Å². The summed E-state index contributed by atoms with van der Waals surface area (Å²) >= 11 is 0. The summed E-state index contributed by atoms with van der Waals surface area (Å²) in [5.41, 5.74) is 1.35. The van der Waals surface area contributed by atoms with E-state index in [0.29, 0.717) is 28.5 Å². The second-order valence-electron chi connectivity index (χ2n) is 6.59. The number of nitrogens with zero attached hydrogens (tertiary/aromatic N) is 4. The van der Waals surface area contributed by atoms with Crippen molar-refractivity contribution >= 4 is 27.8 Å². The number of benzene rings is 1. The van der Waals surface area contributed by atoms with Gasteiger partial charge in [0.15, 0.2) is 0 Å². The molecule has 0 aliphatic rings. The summed E-state index contributed by atoms with van der Waals surface area (Å²) in [6.07, 6.45) is 5.31. The van der Waals surface area contributed by atoms with E-state index in [1.165, 1.54) is 24.1 Å². The van der Waals surface area contributed by atoms with Gasteiger partial charge in [0.25, 0.3) is 5.56 Å². The van der Waals surface area contributed by atoms with Gasteiger partial charge in [-0.3, -0.25) is 24.1 Å². The van der Waals surface area contributed by atoms with Gasteiger partial charge in [0.1, 0.15) is 0 Å². The molecule has 1 aromatic carbocycles. The Morgan fingerprint density at radius 3 is 2.72 bits per heavy atom. The second kappa shape index (κ2) is 7.31. The molecule has 4 rings (SSSR count). The summed E-state index contributed by atoms with van der Waals surface area (Å²) in [4.78, 5) is 46.1. The number of esters is 1. The molecule has 0 unspecified atom stereocenters. The Hall–Kier alpha value is -3.81. The highest BCUT2D eigenvalue weighted by Gasteiger charge is 2.17. The van der Waals surface area contributed by atoms with Crippen LogP contribution >= 0.6 is 0 Å². The van der Waals surface area contributed by atoms with Crippen LogP contribution in [0.15, 0.2) is 58.5 Å². The van der Waals surface area contributed by atoms with E-state index in [2.05, 4.69) is 9.97 Å². The highest BCUT2D eigenvalue weighted by molar-refractivity contribution is 5.90. The first-order chi connectivity index (χ1) is 14.0. The molecular formula is C21H18N4O4. The van der Waals surface area contributed by atoms with Crippen molar-refractivity contribution in [3.63, 3.8) is 0 Å². The quantitative estimate of drug-likeness (QED) is 0.493. The van der Waals surface area contributed by atoms with E-state index in [9.17, 15) is 14.4 Å². The van der Waals surface area contributed by atoms with Gasteiger partial charge in [-0.25, -0.2) is 9.36 Å². The number of aryl methyl sites for hydroxylation is 2. The molecular weight excluding hydrogens is 372 g/mol. The average Bonchev–Trinajstić information content (AvgIpc) is 2.76. The van der Waals surface area contributed by atoms with Crippen LogP contribution in [-0.4, -0.2) is 32.2 Å². The molecule has 0 aliphatic carbocycles. The minimum atomic E-state index is -0.482. The summed E-state index contributed by atoms with van der Waals surface area (Å²) < 4.78 is 7.23. The summed E-state index contributed by atoms with van der Waals surface area (Å²) in [6.45, 7) is 0. The van der Waals surface area contributed by atoms with E-state index in [1.54, 1.807) is 31.4 Å². The summed E-state index contributed by atoms with van der Waals surface area (Å²) in [5, 5.41) is 1.17. The van der Waals surface area contributed by atoms with E-state index in [4.69, 9.17) is 4.74 Å². The lowest BCUT2D eigenvalue weighted by Crippen LogP contribution is -2.38. The van der Waals surface area contributed by atoms with Crippen LogP contribution in [0.25, 0.3) is 27.5 Å². The summed E-state index contributed by atoms with van der Waals surface area (Å²) in [7, 11) is 2.95. The Labute approximate surface area is 165 Å². The Balaban J connectivity index is 1.98. The van der Waals surface area contributed by atoms with Crippen LogP contribution in [0.3, 0.4) is 0 Å². The van der Waals surface area contributed by atoms with Crippen LogP contribution in [0.2, 0.25) is 0 Å².